The molecule has 0 radical (unpaired) electrons. The van der Waals surface area contributed by atoms with Crippen LogP contribution in [0, 0.1) is 5.92 Å². The maximum absolute atomic E-state index is 11.4. The summed E-state index contributed by atoms with van der Waals surface area (Å²) < 4.78 is 0. The fourth-order valence-electron chi connectivity index (χ4n) is 2.30. The second kappa shape index (κ2) is 4.80. The summed E-state index contributed by atoms with van der Waals surface area (Å²) in [5.74, 6) is 0.0282. The van der Waals surface area contributed by atoms with Crippen molar-refractivity contribution in [2.75, 3.05) is 11.9 Å². The van der Waals surface area contributed by atoms with Crippen molar-refractivity contribution in [2.24, 2.45) is 5.92 Å². The molecule has 0 bridgehead atoms. The number of rotatable bonds is 2. The molecule has 1 aliphatic heterocycles. The molecular formula is C14H17NO3. The van der Waals surface area contributed by atoms with E-state index in [0.29, 0.717) is 12.1 Å². The summed E-state index contributed by atoms with van der Waals surface area (Å²) in [4.78, 5) is 22.8. The fraction of sp³-hybridized carbons (Fsp3) is 0.429. The Kier molecular flexibility index (Phi) is 3.36. The van der Waals surface area contributed by atoms with Crippen LogP contribution in [0.1, 0.15) is 36.2 Å². The number of nitrogens with one attached hydrogen (secondary N) is 1. The first-order valence-corrected chi connectivity index (χ1v) is 6.10. The lowest BCUT2D eigenvalue weighted by molar-refractivity contribution is -0.120. The zero-order valence-electron chi connectivity index (χ0n) is 10.6. The Morgan fingerprint density at radius 3 is 2.67 bits per heavy atom. The number of phenolic OH excluding ortho intramolecular Hbond substituents is 1. The van der Waals surface area contributed by atoms with Gasteiger partial charge in [0.25, 0.3) is 0 Å². The molecule has 1 aromatic rings. The van der Waals surface area contributed by atoms with Crippen molar-refractivity contribution < 1.29 is 14.7 Å². The quantitative estimate of drug-likeness (QED) is 0.621. The van der Waals surface area contributed by atoms with E-state index in [-0.39, 0.29) is 23.2 Å². The topological polar surface area (TPSA) is 66.4 Å². The molecule has 2 N–H and O–H groups in total. The molecule has 0 spiro atoms. The van der Waals surface area contributed by atoms with Gasteiger partial charge in [-0.15, -0.1) is 0 Å². The Hall–Kier alpha value is -1.84. The SMILES string of the molecule is CC(=O)c1cc2c(cc1O)CCC(C(C)=O)CN2. The Morgan fingerprint density at radius 2 is 2.06 bits per heavy atom. The third-order valence-electron chi connectivity index (χ3n) is 3.48. The Labute approximate surface area is 106 Å². The summed E-state index contributed by atoms with van der Waals surface area (Å²) in [6.45, 7) is 3.61. The number of aromatic hydroxyl groups is 1. The zero-order valence-corrected chi connectivity index (χ0v) is 10.6. The maximum atomic E-state index is 11.4. The number of phenols is 1. The molecule has 2 rings (SSSR count). The van der Waals surface area contributed by atoms with E-state index in [2.05, 4.69) is 5.32 Å². The van der Waals surface area contributed by atoms with Crippen LogP contribution in [0.3, 0.4) is 0 Å². The zero-order chi connectivity index (χ0) is 13.3. The van der Waals surface area contributed by atoms with E-state index in [1.807, 2.05) is 0 Å². The largest absolute Gasteiger partial charge is 0.507 e. The molecule has 0 amide bonds. The molecule has 96 valence electrons. The molecule has 0 saturated carbocycles. The Morgan fingerprint density at radius 1 is 1.33 bits per heavy atom. The number of carbonyl (C=O) groups is 2. The van der Waals surface area contributed by atoms with E-state index in [1.54, 1.807) is 19.1 Å². The van der Waals surface area contributed by atoms with Gasteiger partial charge in [-0.25, -0.2) is 0 Å². The molecule has 4 heteroatoms. The van der Waals surface area contributed by atoms with Crippen LogP contribution >= 0.6 is 0 Å². The van der Waals surface area contributed by atoms with E-state index < -0.39 is 0 Å². The smallest absolute Gasteiger partial charge is 0.163 e. The molecule has 0 aromatic heterocycles. The van der Waals surface area contributed by atoms with Crippen LogP contribution in [0.2, 0.25) is 0 Å². The average Bonchev–Trinajstić information content (AvgIpc) is 2.49. The maximum Gasteiger partial charge on any atom is 0.163 e. The van der Waals surface area contributed by atoms with Crippen molar-refractivity contribution in [1.82, 2.24) is 0 Å². The minimum absolute atomic E-state index is 0.000297. The molecule has 1 unspecified atom stereocenters. The third kappa shape index (κ3) is 2.37. The summed E-state index contributed by atoms with van der Waals surface area (Å²) in [5.41, 5.74) is 2.13. The lowest BCUT2D eigenvalue weighted by Gasteiger charge is -2.11. The number of ketones is 2. The fourth-order valence-corrected chi connectivity index (χ4v) is 2.30. The lowest BCUT2D eigenvalue weighted by atomic mass is 9.97. The minimum atomic E-state index is -0.163. The van der Waals surface area contributed by atoms with Gasteiger partial charge >= 0.3 is 0 Å². The van der Waals surface area contributed by atoms with E-state index in [9.17, 15) is 14.7 Å². The van der Waals surface area contributed by atoms with Crippen LogP contribution in [0.4, 0.5) is 5.69 Å². The van der Waals surface area contributed by atoms with Gasteiger partial charge in [-0.3, -0.25) is 9.59 Å². The van der Waals surface area contributed by atoms with Crippen molar-refractivity contribution in [2.45, 2.75) is 26.7 Å². The van der Waals surface area contributed by atoms with Crippen molar-refractivity contribution >= 4 is 17.3 Å². The number of aryl methyl sites for hydroxylation is 1. The number of anilines is 1. The molecule has 18 heavy (non-hydrogen) atoms. The monoisotopic (exact) mass is 247 g/mol. The molecule has 4 nitrogen and oxygen atoms in total. The highest BCUT2D eigenvalue weighted by atomic mass is 16.3. The van der Waals surface area contributed by atoms with E-state index in [0.717, 1.165) is 24.1 Å². The highest BCUT2D eigenvalue weighted by molar-refractivity contribution is 5.98. The highest BCUT2D eigenvalue weighted by Crippen LogP contribution is 2.30. The van der Waals surface area contributed by atoms with Gasteiger partial charge in [0.1, 0.15) is 11.5 Å². The van der Waals surface area contributed by atoms with Crippen LogP contribution in [0.5, 0.6) is 5.75 Å². The summed E-state index contributed by atoms with van der Waals surface area (Å²) in [6.07, 6.45) is 1.51. The van der Waals surface area contributed by atoms with Crippen molar-refractivity contribution in [1.29, 1.82) is 0 Å². The molecule has 1 aliphatic rings. The van der Waals surface area contributed by atoms with Gasteiger partial charge in [-0.2, -0.15) is 0 Å². The number of fused-ring (bicyclic) bond motifs is 1. The first-order chi connectivity index (χ1) is 8.49. The first kappa shape index (κ1) is 12.6. The van der Waals surface area contributed by atoms with Gasteiger partial charge in [0.2, 0.25) is 0 Å². The lowest BCUT2D eigenvalue weighted by Crippen LogP contribution is -2.19. The second-order valence-corrected chi connectivity index (χ2v) is 4.81. The van der Waals surface area contributed by atoms with Crippen LogP contribution < -0.4 is 5.32 Å². The molecule has 1 atom stereocenters. The molecule has 0 fully saturated rings. The van der Waals surface area contributed by atoms with Crippen LogP contribution in [-0.2, 0) is 11.2 Å². The second-order valence-electron chi connectivity index (χ2n) is 4.81. The number of hydrogen-bond acceptors (Lipinski definition) is 4. The Balaban J connectivity index is 2.33. The number of hydrogen-bond donors (Lipinski definition) is 2. The Bertz CT molecular complexity index is 508. The summed E-state index contributed by atoms with van der Waals surface area (Å²) in [6, 6.07) is 3.30. The van der Waals surface area contributed by atoms with Crippen molar-refractivity contribution in [3.8, 4) is 5.75 Å². The summed E-state index contributed by atoms with van der Waals surface area (Å²) in [5, 5.41) is 13.0. The molecule has 1 heterocycles. The highest BCUT2D eigenvalue weighted by Gasteiger charge is 2.21. The summed E-state index contributed by atoms with van der Waals surface area (Å²) in [7, 11) is 0. The molecule has 0 aliphatic carbocycles. The van der Waals surface area contributed by atoms with E-state index in [1.165, 1.54) is 6.92 Å². The van der Waals surface area contributed by atoms with Gasteiger partial charge in [0.05, 0.1) is 5.56 Å². The standard InChI is InChI=1S/C14H17NO3/c1-8(16)11-4-3-10-5-14(18)12(9(2)17)6-13(10)15-7-11/h5-6,11,15,18H,3-4,7H2,1-2H3. The van der Waals surface area contributed by atoms with Crippen LogP contribution in [-0.4, -0.2) is 23.2 Å². The predicted octanol–water partition coefficient (Wildman–Crippen LogP) is 2.16. The summed E-state index contributed by atoms with van der Waals surface area (Å²) >= 11 is 0. The third-order valence-corrected chi connectivity index (χ3v) is 3.48. The number of benzene rings is 1. The molecule has 0 saturated heterocycles. The van der Waals surface area contributed by atoms with Gasteiger partial charge in [0, 0.05) is 18.2 Å². The van der Waals surface area contributed by atoms with Crippen LogP contribution in [0.25, 0.3) is 0 Å². The number of Topliss-reactive ketones (excluding diaryl/α,β-unsaturated/α-hetero) is 2. The van der Waals surface area contributed by atoms with E-state index in [4.69, 9.17) is 0 Å². The van der Waals surface area contributed by atoms with Crippen LogP contribution in [0.15, 0.2) is 12.1 Å². The molecular weight excluding hydrogens is 230 g/mol. The van der Waals surface area contributed by atoms with E-state index >= 15 is 0 Å². The van der Waals surface area contributed by atoms with Gasteiger partial charge in [-0.05, 0) is 44.4 Å². The predicted molar refractivity (Wildman–Crippen MR) is 69.1 cm³/mol. The van der Waals surface area contributed by atoms with Gasteiger partial charge in [-0.1, -0.05) is 0 Å². The minimum Gasteiger partial charge on any atom is -0.507 e. The average molecular weight is 247 g/mol. The first-order valence-electron chi connectivity index (χ1n) is 6.10. The number of carbonyl (C=O) groups excluding carboxylic acids is 2. The van der Waals surface area contributed by atoms with Gasteiger partial charge in [0.15, 0.2) is 5.78 Å². The molecule has 1 aromatic carbocycles. The van der Waals surface area contributed by atoms with Crippen molar-refractivity contribution in [3.63, 3.8) is 0 Å². The normalized spacial score (nSPS) is 18.4. The van der Waals surface area contributed by atoms with Gasteiger partial charge < -0.3 is 10.4 Å². The van der Waals surface area contributed by atoms with Crippen molar-refractivity contribution in [3.05, 3.63) is 23.3 Å².